The maximum atomic E-state index is 13.3. The van der Waals surface area contributed by atoms with Crippen LogP contribution in [-0.4, -0.2) is 31.2 Å². The molecule has 3 aromatic rings. The first-order valence-electron chi connectivity index (χ1n) is 8.03. The van der Waals surface area contributed by atoms with Crippen LogP contribution in [0.25, 0.3) is 22.2 Å². The molecule has 1 atom stereocenters. The number of methoxy groups -OCH3 is 1. The maximum Gasteiger partial charge on any atom is 0.338 e. The van der Waals surface area contributed by atoms with E-state index in [0.717, 1.165) is 0 Å². The number of hydrogen-bond acceptors (Lipinski definition) is 6. The van der Waals surface area contributed by atoms with Crippen LogP contribution in [0.15, 0.2) is 45.6 Å². The molecular weight excluding hydrogens is 375 g/mol. The first-order valence-corrected chi connectivity index (χ1v) is 8.40. The van der Waals surface area contributed by atoms with E-state index in [1.807, 2.05) is 0 Å². The number of carbonyl (C=O) groups is 1. The fourth-order valence-electron chi connectivity index (χ4n) is 2.69. The number of likely N-dealkylation sites (N-methyl/N-ethyl adjacent to an activating group) is 1. The Labute approximate surface area is 159 Å². The third kappa shape index (κ3) is 3.64. The summed E-state index contributed by atoms with van der Waals surface area (Å²) in [4.78, 5) is 29.7. The number of nitrogens with zero attached hydrogens (tertiary/aromatic N) is 2. The van der Waals surface area contributed by atoms with Crippen molar-refractivity contribution in [2.75, 3.05) is 19.1 Å². The Morgan fingerprint density at radius 3 is 2.67 bits per heavy atom. The lowest BCUT2D eigenvalue weighted by Crippen LogP contribution is -2.37. The van der Waals surface area contributed by atoms with Crippen molar-refractivity contribution in [3.05, 3.63) is 57.7 Å². The van der Waals surface area contributed by atoms with Gasteiger partial charge in [0.2, 0.25) is 5.71 Å². The minimum Gasteiger partial charge on any atom is -0.467 e. The summed E-state index contributed by atoms with van der Waals surface area (Å²) < 4.78 is 23.3. The lowest BCUT2D eigenvalue weighted by Gasteiger charge is -2.23. The van der Waals surface area contributed by atoms with Crippen molar-refractivity contribution in [1.82, 2.24) is 4.98 Å². The van der Waals surface area contributed by atoms with Crippen LogP contribution in [0, 0.1) is 5.82 Å². The average Bonchev–Trinajstić information content (AvgIpc) is 2.65. The van der Waals surface area contributed by atoms with E-state index < -0.39 is 23.5 Å². The van der Waals surface area contributed by atoms with Crippen molar-refractivity contribution in [3.8, 4) is 11.1 Å². The number of aromatic nitrogens is 1. The van der Waals surface area contributed by atoms with Crippen molar-refractivity contribution in [1.29, 1.82) is 0 Å². The van der Waals surface area contributed by atoms with Crippen molar-refractivity contribution in [3.63, 3.8) is 0 Å². The molecule has 6 nitrogen and oxygen atoms in total. The van der Waals surface area contributed by atoms with Crippen LogP contribution in [0.3, 0.4) is 0 Å². The monoisotopic (exact) mass is 390 g/mol. The van der Waals surface area contributed by atoms with Crippen LogP contribution < -0.4 is 10.5 Å². The summed E-state index contributed by atoms with van der Waals surface area (Å²) in [6.07, 6.45) is 0. The van der Waals surface area contributed by atoms with E-state index in [1.165, 1.54) is 31.4 Å². The highest BCUT2D eigenvalue weighted by molar-refractivity contribution is 6.33. The third-order valence-corrected chi connectivity index (χ3v) is 4.61. The molecule has 0 spiro atoms. The fourth-order valence-corrected chi connectivity index (χ4v) is 2.96. The summed E-state index contributed by atoms with van der Waals surface area (Å²) in [5.74, 6) is -0.478. The van der Waals surface area contributed by atoms with Gasteiger partial charge >= 0.3 is 11.6 Å². The molecule has 27 heavy (non-hydrogen) atoms. The Morgan fingerprint density at radius 1 is 1.26 bits per heavy atom. The van der Waals surface area contributed by atoms with E-state index in [4.69, 9.17) is 20.8 Å². The number of hydrogen-bond donors (Lipinski definition) is 0. The average molecular weight is 391 g/mol. The second-order valence-corrected chi connectivity index (χ2v) is 6.34. The van der Waals surface area contributed by atoms with Gasteiger partial charge in [-0.05, 0) is 37.3 Å². The van der Waals surface area contributed by atoms with Crippen LogP contribution in [0.1, 0.15) is 6.92 Å². The first kappa shape index (κ1) is 18.8. The number of anilines is 1. The zero-order chi connectivity index (χ0) is 19.7. The lowest BCUT2D eigenvalue weighted by molar-refractivity contribution is -0.141. The molecule has 0 aliphatic heterocycles. The quantitative estimate of drug-likeness (QED) is 0.633. The molecule has 0 aliphatic carbocycles. The van der Waals surface area contributed by atoms with Crippen LogP contribution in [0.2, 0.25) is 5.02 Å². The zero-order valence-corrected chi connectivity index (χ0v) is 15.6. The van der Waals surface area contributed by atoms with Crippen LogP contribution >= 0.6 is 11.6 Å². The summed E-state index contributed by atoms with van der Waals surface area (Å²) in [6.45, 7) is 1.67. The van der Waals surface area contributed by atoms with Gasteiger partial charge in [-0.15, -0.1) is 0 Å². The zero-order valence-electron chi connectivity index (χ0n) is 14.8. The minimum atomic E-state index is -0.619. The van der Waals surface area contributed by atoms with Gasteiger partial charge in [0.1, 0.15) is 17.7 Å². The predicted octanol–water partition coefficient (Wildman–Crippen LogP) is 3.65. The normalized spacial score (nSPS) is 12.0. The van der Waals surface area contributed by atoms with E-state index in [0.29, 0.717) is 22.3 Å². The summed E-state index contributed by atoms with van der Waals surface area (Å²) in [6, 6.07) is 8.01. The SMILES string of the molecule is COC(=O)C(C)N(C)c1ccc2c(-c3ccc(F)cc3Cl)cc(=O)oc2n1. The molecule has 8 heteroatoms. The molecule has 2 heterocycles. The van der Waals surface area contributed by atoms with Crippen molar-refractivity contribution in [2.24, 2.45) is 0 Å². The maximum absolute atomic E-state index is 13.3. The standard InChI is InChI=1S/C19H16ClFN2O4/c1-10(19(25)26-3)23(2)16-7-6-13-14(9-17(24)27-18(13)22-16)12-5-4-11(21)8-15(12)20/h4-10H,1-3H3. The fraction of sp³-hybridized carbons (Fsp3) is 0.211. The van der Waals surface area contributed by atoms with E-state index in [1.54, 1.807) is 31.0 Å². The molecule has 1 aromatic carbocycles. The number of fused-ring (bicyclic) bond motifs is 1. The number of pyridine rings is 1. The van der Waals surface area contributed by atoms with Crippen molar-refractivity contribution >= 4 is 34.5 Å². The van der Waals surface area contributed by atoms with Crippen molar-refractivity contribution < 1.29 is 18.3 Å². The second kappa shape index (κ2) is 7.36. The molecule has 0 saturated heterocycles. The molecule has 1 unspecified atom stereocenters. The minimum absolute atomic E-state index is 0.0827. The highest BCUT2D eigenvalue weighted by Crippen LogP contribution is 2.33. The van der Waals surface area contributed by atoms with Gasteiger partial charge in [-0.2, -0.15) is 4.98 Å². The Hall–Kier alpha value is -2.93. The van der Waals surface area contributed by atoms with Gasteiger partial charge < -0.3 is 14.1 Å². The first-order chi connectivity index (χ1) is 12.8. The summed E-state index contributed by atoms with van der Waals surface area (Å²) in [5.41, 5.74) is 0.432. The Kier molecular flexibility index (Phi) is 5.14. The van der Waals surface area contributed by atoms with E-state index in [-0.39, 0.29) is 10.7 Å². The molecule has 0 N–H and O–H groups in total. The van der Waals surface area contributed by atoms with Gasteiger partial charge in [-0.1, -0.05) is 11.6 Å². The molecule has 3 rings (SSSR count). The smallest absolute Gasteiger partial charge is 0.338 e. The predicted molar refractivity (Wildman–Crippen MR) is 101 cm³/mol. The third-order valence-electron chi connectivity index (χ3n) is 4.30. The number of benzene rings is 1. The number of carbonyl (C=O) groups excluding carboxylic acids is 1. The number of ether oxygens (including phenoxy) is 1. The topological polar surface area (TPSA) is 72.6 Å². The largest absolute Gasteiger partial charge is 0.467 e. The molecule has 0 saturated carbocycles. The van der Waals surface area contributed by atoms with E-state index >= 15 is 0 Å². The molecule has 0 aliphatic rings. The molecule has 2 aromatic heterocycles. The Morgan fingerprint density at radius 2 is 2.00 bits per heavy atom. The van der Waals surface area contributed by atoms with Crippen LogP contribution in [0.4, 0.5) is 10.2 Å². The summed E-state index contributed by atoms with van der Waals surface area (Å²) >= 11 is 6.14. The number of halogens is 2. The second-order valence-electron chi connectivity index (χ2n) is 5.94. The van der Waals surface area contributed by atoms with E-state index in [9.17, 15) is 14.0 Å². The van der Waals surface area contributed by atoms with Gasteiger partial charge in [0.25, 0.3) is 0 Å². The van der Waals surface area contributed by atoms with Crippen LogP contribution in [0.5, 0.6) is 0 Å². The number of rotatable bonds is 4. The summed E-state index contributed by atoms with van der Waals surface area (Å²) in [5, 5.41) is 0.702. The van der Waals surface area contributed by atoms with Gasteiger partial charge in [0.15, 0.2) is 0 Å². The van der Waals surface area contributed by atoms with Gasteiger partial charge in [-0.3, -0.25) is 0 Å². The Bertz CT molecular complexity index is 1080. The highest BCUT2D eigenvalue weighted by atomic mass is 35.5. The van der Waals surface area contributed by atoms with Gasteiger partial charge in [0, 0.05) is 29.6 Å². The molecule has 140 valence electrons. The van der Waals surface area contributed by atoms with Gasteiger partial charge in [0.05, 0.1) is 12.1 Å². The number of esters is 1. The highest BCUT2D eigenvalue weighted by Gasteiger charge is 2.21. The lowest BCUT2D eigenvalue weighted by atomic mass is 10.0. The molecule has 0 fully saturated rings. The Balaban J connectivity index is 2.14. The van der Waals surface area contributed by atoms with Crippen molar-refractivity contribution in [2.45, 2.75) is 13.0 Å². The summed E-state index contributed by atoms with van der Waals surface area (Å²) in [7, 11) is 2.98. The van der Waals surface area contributed by atoms with Crippen LogP contribution in [-0.2, 0) is 9.53 Å². The molecular formula is C19H16ClFN2O4. The molecule has 0 amide bonds. The van der Waals surface area contributed by atoms with Gasteiger partial charge in [-0.25, -0.2) is 14.0 Å². The molecule has 0 radical (unpaired) electrons. The van der Waals surface area contributed by atoms with E-state index in [2.05, 4.69) is 4.98 Å². The molecule has 0 bridgehead atoms.